The quantitative estimate of drug-likeness (QED) is 0.214. The summed E-state index contributed by atoms with van der Waals surface area (Å²) in [6.45, 7) is 5.12. The molecule has 1 aliphatic carbocycles. The summed E-state index contributed by atoms with van der Waals surface area (Å²) in [7, 11) is -4.68. The molecule has 2 aromatic heterocycles. The Balaban J connectivity index is 1.39. The summed E-state index contributed by atoms with van der Waals surface area (Å²) in [5.74, 6) is -3.28. The Hall–Kier alpha value is -3.64. The van der Waals surface area contributed by atoms with Crippen LogP contribution >= 0.6 is 7.82 Å². The predicted octanol–water partition coefficient (Wildman–Crippen LogP) is 4.58. The van der Waals surface area contributed by atoms with Gasteiger partial charge in [-0.15, -0.1) is 0 Å². The maximum Gasteiger partial charge on any atom is 0.534 e. The number of aromatic nitrogens is 3. The molecule has 3 aliphatic rings. The molecule has 0 spiro atoms. The monoisotopic (exact) mass is 600 g/mol. The van der Waals surface area contributed by atoms with Crippen molar-refractivity contribution in [1.29, 1.82) is 5.26 Å². The first-order valence-electron chi connectivity index (χ1n) is 13.3. The van der Waals surface area contributed by atoms with Crippen LogP contribution in [0, 0.1) is 21.4 Å². The van der Waals surface area contributed by atoms with Crippen LogP contribution in [0.4, 0.5) is 11.5 Å². The first kappa shape index (κ1) is 28.5. The Morgan fingerprint density at radius 1 is 1.12 bits per heavy atom. The van der Waals surface area contributed by atoms with Gasteiger partial charge in [0.05, 0.1) is 16.2 Å². The largest absolute Gasteiger partial charge is 0.534 e. The van der Waals surface area contributed by atoms with Gasteiger partial charge in [-0.3, -0.25) is 14.6 Å². The minimum absolute atomic E-state index is 0.0293. The molecule has 0 amide bonds. The molecular formula is C26H29N6O9P. The molecule has 42 heavy (non-hydrogen) atoms. The Morgan fingerprint density at radius 3 is 2.50 bits per heavy atom. The number of benzene rings is 1. The Morgan fingerprint density at radius 2 is 1.83 bits per heavy atom. The SMILES string of the molecule is CC1(OP(=O)(Oc2ccc([N+](=O)[O-])cc2)O[C@@]2(C#N)O[C@@H](c3ccc4c(N)ncnn34)[C@@H]3OC(C)(C)O[C@@H]32)CCCC1. The van der Waals surface area contributed by atoms with Crippen LogP contribution in [0.2, 0.25) is 0 Å². The Labute approximate surface area is 240 Å². The van der Waals surface area contributed by atoms with Crippen LogP contribution in [0.3, 0.4) is 0 Å². The van der Waals surface area contributed by atoms with Gasteiger partial charge in [-0.2, -0.15) is 10.4 Å². The Bertz CT molecular complexity index is 1620. The summed E-state index contributed by atoms with van der Waals surface area (Å²) < 4.78 is 52.4. The molecule has 222 valence electrons. The van der Waals surface area contributed by atoms with Crippen molar-refractivity contribution in [2.75, 3.05) is 5.73 Å². The lowest BCUT2D eigenvalue weighted by Crippen LogP contribution is -2.44. The van der Waals surface area contributed by atoms with Gasteiger partial charge >= 0.3 is 7.82 Å². The van der Waals surface area contributed by atoms with E-state index in [1.54, 1.807) is 32.9 Å². The number of phosphoric ester groups is 1. The molecule has 1 unspecified atom stereocenters. The molecule has 5 atom stereocenters. The number of nitrogen functional groups attached to an aromatic ring is 1. The number of non-ortho nitro benzene ring substituents is 1. The van der Waals surface area contributed by atoms with Crippen molar-refractivity contribution in [2.24, 2.45) is 0 Å². The molecule has 0 radical (unpaired) electrons. The van der Waals surface area contributed by atoms with E-state index in [-0.39, 0.29) is 17.3 Å². The zero-order chi connectivity index (χ0) is 29.9. The average molecular weight is 601 g/mol. The molecule has 6 rings (SSSR count). The summed E-state index contributed by atoms with van der Waals surface area (Å²) in [5.41, 5.74) is 5.91. The smallest absolute Gasteiger partial charge is 0.404 e. The van der Waals surface area contributed by atoms with Crippen LogP contribution < -0.4 is 10.3 Å². The lowest BCUT2D eigenvalue weighted by atomic mass is 10.0. The lowest BCUT2D eigenvalue weighted by Gasteiger charge is -2.34. The van der Waals surface area contributed by atoms with Crippen LogP contribution in [-0.2, 0) is 27.8 Å². The van der Waals surface area contributed by atoms with E-state index in [0.717, 1.165) is 12.8 Å². The first-order chi connectivity index (χ1) is 19.8. The topological polar surface area (TPSA) is 196 Å². The van der Waals surface area contributed by atoms with E-state index in [1.165, 1.54) is 35.1 Å². The van der Waals surface area contributed by atoms with Crippen LogP contribution in [0.1, 0.15) is 58.3 Å². The number of ether oxygens (including phenoxy) is 3. The second-order valence-corrected chi connectivity index (χ2v) is 12.6. The van der Waals surface area contributed by atoms with Gasteiger partial charge in [0.25, 0.3) is 11.5 Å². The van der Waals surface area contributed by atoms with E-state index in [2.05, 4.69) is 10.1 Å². The fourth-order valence-corrected chi connectivity index (χ4v) is 7.43. The molecule has 1 aromatic carbocycles. The van der Waals surface area contributed by atoms with Gasteiger partial charge in [-0.05, 0) is 57.9 Å². The van der Waals surface area contributed by atoms with Crippen LogP contribution in [0.5, 0.6) is 5.75 Å². The molecule has 1 saturated carbocycles. The zero-order valence-corrected chi connectivity index (χ0v) is 23.9. The number of fused-ring (bicyclic) bond motifs is 2. The molecule has 15 nitrogen and oxygen atoms in total. The number of phosphoric acid groups is 1. The predicted molar refractivity (Wildman–Crippen MR) is 144 cm³/mol. The normalized spacial score (nSPS) is 29.1. The standard InChI is InChI=1S/C26H29N6O9P/c1-24(2)36-21-20(18-10-11-19-23(28)29-15-30-31(18)19)37-26(14-27,22(21)38-24)41-42(35,40-25(3)12-4-5-13-25)39-17-8-6-16(7-9-17)32(33)34/h6-11,15,20-22H,4-5,12-13H2,1-3H3,(H2,28,29,30)/t20-,21-,22-,26+,42?/m0/s1. The molecule has 3 fully saturated rings. The number of rotatable bonds is 8. The minimum atomic E-state index is -4.68. The first-order valence-corrected chi connectivity index (χ1v) is 14.8. The lowest BCUT2D eigenvalue weighted by molar-refractivity contribution is -0.384. The number of anilines is 1. The number of nitro groups is 1. The third-order valence-electron chi connectivity index (χ3n) is 7.57. The van der Waals surface area contributed by atoms with Crippen molar-refractivity contribution in [2.45, 2.75) is 81.9 Å². The second kappa shape index (κ2) is 9.98. The maximum atomic E-state index is 14.5. The molecule has 4 heterocycles. The molecule has 3 aromatic rings. The Kier molecular flexibility index (Phi) is 6.76. The highest BCUT2D eigenvalue weighted by atomic mass is 31.2. The van der Waals surface area contributed by atoms with Gasteiger partial charge in [0.15, 0.2) is 17.7 Å². The van der Waals surface area contributed by atoms with Crippen molar-refractivity contribution >= 4 is 24.8 Å². The van der Waals surface area contributed by atoms with Gasteiger partial charge < -0.3 is 24.5 Å². The van der Waals surface area contributed by atoms with Gasteiger partial charge in [0.1, 0.15) is 35.9 Å². The van der Waals surface area contributed by atoms with E-state index in [1.807, 2.05) is 6.07 Å². The molecular weight excluding hydrogens is 571 g/mol. The number of nitrogens with two attached hydrogens (primary N) is 1. The molecule has 0 bridgehead atoms. The van der Waals surface area contributed by atoms with E-state index in [0.29, 0.717) is 24.1 Å². The summed E-state index contributed by atoms with van der Waals surface area (Å²) in [6, 6.07) is 10.3. The summed E-state index contributed by atoms with van der Waals surface area (Å²) in [4.78, 5) is 14.6. The average Bonchev–Trinajstić information content (AvgIpc) is 3.68. The van der Waals surface area contributed by atoms with Crippen molar-refractivity contribution < 1.29 is 37.3 Å². The molecule has 2 saturated heterocycles. The van der Waals surface area contributed by atoms with Crippen LogP contribution in [-0.4, -0.2) is 48.9 Å². The van der Waals surface area contributed by atoms with E-state index in [4.69, 9.17) is 33.5 Å². The van der Waals surface area contributed by atoms with Crippen molar-refractivity contribution in [3.8, 4) is 11.8 Å². The van der Waals surface area contributed by atoms with Gasteiger partial charge in [-0.1, -0.05) is 12.8 Å². The summed E-state index contributed by atoms with van der Waals surface area (Å²) >= 11 is 0. The molecule has 16 heteroatoms. The van der Waals surface area contributed by atoms with E-state index in [9.17, 15) is 19.9 Å². The van der Waals surface area contributed by atoms with Crippen LogP contribution in [0.15, 0.2) is 42.7 Å². The summed E-state index contributed by atoms with van der Waals surface area (Å²) in [6.07, 6.45) is 1.01. The number of hydrogen-bond acceptors (Lipinski definition) is 13. The highest BCUT2D eigenvalue weighted by Crippen LogP contribution is 2.62. The fraction of sp³-hybridized carbons (Fsp3) is 0.500. The van der Waals surface area contributed by atoms with E-state index < -0.39 is 48.2 Å². The maximum absolute atomic E-state index is 14.5. The van der Waals surface area contributed by atoms with Gasteiger partial charge in [0.2, 0.25) is 0 Å². The van der Waals surface area contributed by atoms with Crippen molar-refractivity contribution in [3.05, 3.63) is 58.5 Å². The third kappa shape index (κ3) is 5.00. The van der Waals surface area contributed by atoms with E-state index >= 15 is 0 Å². The molecule has 2 aliphatic heterocycles. The summed E-state index contributed by atoms with van der Waals surface area (Å²) in [5, 5.41) is 26.0. The highest BCUT2D eigenvalue weighted by molar-refractivity contribution is 7.49. The van der Waals surface area contributed by atoms with Crippen LogP contribution in [0.25, 0.3) is 5.52 Å². The van der Waals surface area contributed by atoms with Crippen molar-refractivity contribution in [1.82, 2.24) is 14.6 Å². The third-order valence-corrected chi connectivity index (χ3v) is 9.16. The van der Waals surface area contributed by atoms with Crippen molar-refractivity contribution in [3.63, 3.8) is 0 Å². The highest BCUT2D eigenvalue weighted by Gasteiger charge is 2.68. The number of nitrogens with zero attached hydrogens (tertiary/aromatic N) is 5. The zero-order valence-electron chi connectivity index (χ0n) is 23.0. The fourth-order valence-electron chi connectivity index (χ4n) is 5.69. The van der Waals surface area contributed by atoms with Gasteiger partial charge in [-0.25, -0.2) is 18.6 Å². The second-order valence-electron chi connectivity index (χ2n) is 11.2. The number of hydrogen-bond donors (Lipinski definition) is 1. The minimum Gasteiger partial charge on any atom is -0.404 e. The number of nitro benzene ring substituents is 1. The van der Waals surface area contributed by atoms with Gasteiger partial charge in [0, 0.05) is 12.1 Å². The molecule has 2 N–H and O–H groups in total. The number of nitriles is 1.